The molecule has 1 saturated heterocycles. The Bertz CT molecular complexity index is 246. The predicted molar refractivity (Wildman–Crippen MR) is 49.5 cm³/mol. The molecule has 72 valence electrons. The maximum Gasteiger partial charge on any atom is 0.150 e. The molecule has 1 fully saturated rings. The summed E-state index contributed by atoms with van der Waals surface area (Å²) in [4.78, 5) is 0. The number of sulfone groups is 1. The molecule has 2 atom stereocenters. The molecule has 1 aliphatic heterocycles. The van der Waals surface area contributed by atoms with Crippen LogP contribution in [0.4, 0.5) is 0 Å². The van der Waals surface area contributed by atoms with E-state index in [1.165, 1.54) is 0 Å². The minimum Gasteiger partial charge on any atom is -0.330 e. The topological polar surface area (TPSA) is 60.2 Å². The third kappa shape index (κ3) is 1.98. The highest BCUT2D eigenvalue weighted by Crippen LogP contribution is 2.30. The van der Waals surface area contributed by atoms with E-state index in [4.69, 9.17) is 5.73 Å². The second kappa shape index (κ2) is 3.34. The summed E-state index contributed by atoms with van der Waals surface area (Å²) in [6, 6.07) is 0. The molecule has 0 aromatic heterocycles. The lowest BCUT2D eigenvalue weighted by Gasteiger charge is -2.19. The summed E-state index contributed by atoms with van der Waals surface area (Å²) in [5, 5.41) is 0. The third-order valence-corrected chi connectivity index (χ3v) is 4.51. The summed E-state index contributed by atoms with van der Waals surface area (Å²) < 4.78 is 22.5. The first-order valence-corrected chi connectivity index (χ1v) is 6.19. The number of hydrogen-bond donors (Lipinski definition) is 1. The van der Waals surface area contributed by atoms with Gasteiger partial charge in [0.15, 0.2) is 9.84 Å². The van der Waals surface area contributed by atoms with Gasteiger partial charge in [0, 0.05) is 0 Å². The van der Waals surface area contributed by atoms with Crippen LogP contribution in [0.5, 0.6) is 0 Å². The van der Waals surface area contributed by atoms with Crippen molar-refractivity contribution in [2.45, 2.75) is 13.8 Å². The van der Waals surface area contributed by atoms with Crippen molar-refractivity contribution in [3.05, 3.63) is 0 Å². The van der Waals surface area contributed by atoms with Gasteiger partial charge in [-0.3, -0.25) is 0 Å². The van der Waals surface area contributed by atoms with E-state index in [1.54, 1.807) is 0 Å². The summed E-state index contributed by atoms with van der Waals surface area (Å²) in [6.07, 6.45) is 0. The molecule has 1 heterocycles. The highest BCUT2D eigenvalue weighted by atomic mass is 32.2. The Balaban J connectivity index is 2.76. The second-order valence-corrected chi connectivity index (χ2v) is 6.13. The Morgan fingerprint density at radius 1 is 1.42 bits per heavy atom. The van der Waals surface area contributed by atoms with Crippen molar-refractivity contribution in [3.8, 4) is 0 Å². The average molecular weight is 191 g/mol. The number of rotatable bonds is 2. The zero-order chi connectivity index (χ0) is 9.35. The molecule has 0 saturated carbocycles. The fraction of sp³-hybridized carbons (Fsp3) is 1.00. The lowest BCUT2D eigenvalue weighted by atomic mass is 9.86. The molecule has 1 aliphatic rings. The van der Waals surface area contributed by atoms with E-state index < -0.39 is 9.84 Å². The van der Waals surface area contributed by atoms with Crippen LogP contribution in [0.1, 0.15) is 13.8 Å². The molecule has 0 bridgehead atoms. The lowest BCUT2D eigenvalue weighted by molar-refractivity contribution is 0.327. The summed E-state index contributed by atoms with van der Waals surface area (Å²) in [6.45, 7) is 4.63. The molecule has 0 amide bonds. The van der Waals surface area contributed by atoms with Gasteiger partial charge < -0.3 is 5.73 Å². The first-order valence-electron chi connectivity index (χ1n) is 4.37. The molecule has 0 aromatic carbocycles. The number of hydrogen-bond acceptors (Lipinski definition) is 3. The highest BCUT2D eigenvalue weighted by Gasteiger charge is 2.37. The predicted octanol–water partition coefficient (Wildman–Crippen LogP) is 0.262. The molecule has 2 unspecified atom stereocenters. The quantitative estimate of drug-likeness (QED) is 0.681. The van der Waals surface area contributed by atoms with Gasteiger partial charge >= 0.3 is 0 Å². The van der Waals surface area contributed by atoms with Crippen LogP contribution in [0.15, 0.2) is 0 Å². The summed E-state index contributed by atoms with van der Waals surface area (Å²) in [5.74, 6) is 1.53. The zero-order valence-electron chi connectivity index (χ0n) is 7.66. The van der Waals surface area contributed by atoms with Crippen LogP contribution in [-0.2, 0) is 9.84 Å². The van der Waals surface area contributed by atoms with Crippen molar-refractivity contribution in [1.82, 2.24) is 0 Å². The Hall–Kier alpha value is -0.0900. The summed E-state index contributed by atoms with van der Waals surface area (Å²) in [7, 11) is -2.78. The molecule has 4 heteroatoms. The standard InChI is InChI=1S/C8H17NO2S/c1-6(2)8-5-12(10,11)4-7(8)3-9/h6-8H,3-5,9H2,1-2H3. The van der Waals surface area contributed by atoms with Gasteiger partial charge in [-0.2, -0.15) is 0 Å². The molecule has 0 spiro atoms. The molecule has 3 nitrogen and oxygen atoms in total. The van der Waals surface area contributed by atoms with Gasteiger partial charge in [0.1, 0.15) is 0 Å². The van der Waals surface area contributed by atoms with Crippen molar-refractivity contribution in [2.75, 3.05) is 18.1 Å². The smallest absolute Gasteiger partial charge is 0.150 e. The van der Waals surface area contributed by atoms with E-state index in [0.717, 1.165) is 0 Å². The Morgan fingerprint density at radius 2 is 2.00 bits per heavy atom. The van der Waals surface area contributed by atoms with Crippen molar-refractivity contribution in [2.24, 2.45) is 23.5 Å². The molecular weight excluding hydrogens is 174 g/mol. The first kappa shape index (κ1) is 9.99. The molecule has 0 aliphatic carbocycles. The molecule has 0 radical (unpaired) electrons. The van der Waals surface area contributed by atoms with Gasteiger partial charge in [-0.25, -0.2) is 8.42 Å². The molecule has 1 rings (SSSR count). The fourth-order valence-corrected chi connectivity index (χ4v) is 4.34. The van der Waals surface area contributed by atoms with Crippen molar-refractivity contribution in [1.29, 1.82) is 0 Å². The van der Waals surface area contributed by atoms with Crippen molar-refractivity contribution >= 4 is 9.84 Å². The van der Waals surface area contributed by atoms with Crippen LogP contribution in [-0.4, -0.2) is 26.5 Å². The number of nitrogens with two attached hydrogens (primary N) is 1. The second-order valence-electron chi connectivity index (χ2n) is 3.98. The van der Waals surface area contributed by atoms with E-state index in [1.807, 2.05) is 0 Å². The van der Waals surface area contributed by atoms with Crippen LogP contribution in [0, 0.1) is 17.8 Å². The SMILES string of the molecule is CC(C)C1CS(=O)(=O)CC1CN. The third-order valence-electron chi connectivity index (χ3n) is 2.68. The van der Waals surface area contributed by atoms with Crippen LogP contribution in [0.2, 0.25) is 0 Å². The van der Waals surface area contributed by atoms with Crippen LogP contribution in [0.3, 0.4) is 0 Å². The van der Waals surface area contributed by atoms with Crippen molar-refractivity contribution in [3.63, 3.8) is 0 Å². The minimum atomic E-state index is -2.78. The lowest BCUT2D eigenvalue weighted by Crippen LogP contribution is -2.25. The maximum absolute atomic E-state index is 11.3. The van der Waals surface area contributed by atoms with E-state index in [-0.39, 0.29) is 11.8 Å². The van der Waals surface area contributed by atoms with E-state index in [0.29, 0.717) is 24.0 Å². The minimum absolute atomic E-state index is 0.190. The van der Waals surface area contributed by atoms with Crippen LogP contribution in [0.25, 0.3) is 0 Å². The van der Waals surface area contributed by atoms with E-state index in [2.05, 4.69) is 13.8 Å². The van der Waals surface area contributed by atoms with E-state index in [9.17, 15) is 8.42 Å². The van der Waals surface area contributed by atoms with Gasteiger partial charge in [-0.1, -0.05) is 13.8 Å². The normalized spacial score (nSPS) is 34.3. The van der Waals surface area contributed by atoms with Gasteiger partial charge in [0.05, 0.1) is 11.5 Å². The molecule has 12 heavy (non-hydrogen) atoms. The first-order chi connectivity index (χ1) is 5.46. The summed E-state index contributed by atoms with van der Waals surface area (Å²) in [5.41, 5.74) is 5.52. The summed E-state index contributed by atoms with van der Waals surface area (Å²) >= 11 is 0. The largest absolute Gasteiger partial charge is 0.330 e. The Labute approximate surface area is 74.3 Å². The van der Waals surface area contributed by atoms with Gasteiger partial charge in [-0.15, -0.1) is 0 Å². The molecule has 0 aromatic rings. The van der Waals surface area contributed by atoms with Gasteiger partial charge in [0.25, 0.3) is 0 Å². The molecule has 2 N–H and O–H groups in total. The Kier molecular flexibility index (Phi) is 2.78. The van der Waals surface area contributed by atoms with Gasteiger partial charge in [0.2, 0.25) is 0 Å². The van der Waals surface area contributed by atoms with Gasteiger partial charge in [-0.05, 0) is 24.3 Å². The van der Waals surface area contributed by atoms with Crippen LogP contribution < -0.4 is 5.73 Å². The van der Waals surface area contributed by atoms with Crippen molar-refractivity contribution < 1.29 is 8.42 Å². The van der Waals surface area contributed by atoms with E-state index >= 15 is 0 Å². The zero-order valence-corrected chi connectivity index (χ0v) is 8.47. The maximum atomic E-state index is 11.3. The average Bonchev–Trinajstić information content (AvgIpc) is 2.25. The molecular formula is C8H17NO2S. The highest BCUT2D eigenvalue weighted by molar-refractivity contribution is 7.91. The Morgan fingerprint density at radius 3 is 2.33 bits per heavy atom. The van der Waals surface area contributed by atoms with Crippen LogP contribution >= 0.6 is 0 Å². The monoisotopic (exact) mass is 191 g/mol. The fourth-order valence-electron chi connectivity index (χ4n) is 1.93.